The van der Waals surface area contributed by atoms with E-state index < -0.39 is 32.5 Å². The molecule has 0 fully saturated rings. The molecule has 0 aliphatic rings. The number of carbonyl (C=O) groups excluding carboxylic acids is 2. The van der Waals surface area contributed by atoms with Gasteiger partial charge in [-0.2, -0.15) is 0 Å². The highest BCUT2D eigenvalue weighted by Gasteiger charge is 2.27. The molecule has 0 aliphatic heterocycles. The number of hydrogen-bond donors (Lipinski definition) is 2. The van der Waals surface area contributed by atoms with Crippen molar-refractivity contribution < 1.29 is 47.2 Å². The molecule has 0 saturated heterocycles. The van der Waals surface area contributed by atoms with Crippen LogP contribution in [0.2, 0.25) is 0 Å². The number of ether oxygens (including phenoxy) is 2. The Morgan fingerprint density at radius 2 is 1.17 bits per heavy atom. The summed E-state index contributed by atoms with van der Waals surface area (Å²) in [4.78, 5) is 35.2. The Labute approximate surface area is 323 Å². The molecular weight excluding hydrogens is 693 g/mol. The highest BCUT2D eigenvalue weighted by Crippen LogP contribution is 2.43. The van der Waals surface area contributed by atoms with E-state index in [4.69, 9.17) is 18.5 Å². The zero-order chi connectivity index (χ0) is 39.5. The van der Waals surface area contributed by atoms with E-state index in [1.807, 2.05) is 34.1 Å². The van der Waals surface area contributed by atoms with Crippen molar-refractivity contribution in [1.82, 2.24) is 0 Å². The zero-order valence-corrected chi connectivity index (χ0v) is 35.0. The maximum Gasteiger partial charge on any atom is 0.472 e. The van der Waals surface area contributed by atoms with Gasteiger partial charge >= 0.3 is 19.8 Å². The van der Waals surface area contributed by atoms with E-state index in [2.05, 4.69) is 49.5 Å². The number of likely N-dealkylation sites (N-methyl/N-ethyl adjacent to an activating group) is 1. The summed E-state index contributed by atoms with van der Waals surface area (Å²) < 4.78 is 34.1. The number of phosphoric ester groups is 1. The summed E-state index contributed by atoms with van der Waals surface area (Å²) in [6, 6.07) is 0. The minimum atomic E-state index is -4.39. The lowest BCUT2D eigenvalue weighted by atomic mass is 10.1. The van der Waals surface area contributed by atoms with Crippen LogP contribution >= 0.6 is 7.82 Å². The van der Waals surface area contributed by atoms with Crippen LogP contribution in [0.15, 0.2) is 48.6 Å². The molecule has 1 unspecified atom stereocenters. The van der Waals surface area contributed by atoms with Crippen molar-refractivity contribution in [2.24, 2.45) is 0 Å². The number of nitrogens with zero attached hydrogens (tertiary/aromatic N) is 1. The number of rotatable bonds is 36. The van der Waals surface area contributed by atoms with Crippen LogP contribution in [-0.2, 0) is 32.7 Å². The highest BCUT2D eigenvalue weighted by atomic mass is 31.2. The third kappa shape index (κ3) is 38.0. The summed E-state index contributed by atoms with van der Waals surface area (Å²) >= 11 is 0. The average molecular weight is 771 g/mol. The van der Waals surface area contributed by atoms with E-state index in [0.717, 1.165) is 64.2 Å². The Morgan fingerprint density at radius 1 is 0.660 bits per heavy atom. The second kappa shape index (κ2) is 34.4. The van der Waals surface area contributed by atoms with Gasteiger partial charge in [-0.3, -0.25) is 18.6 Å². The fourth-order valence-electron chi connectivity index (χ4n) is 5.10. The van der Waals surface area contributed by atoms with E-state index in [-0.39, 0.29) is 32.2 Å². The molecule has 0 rings (SSSR count). The van der Waals surface area contributed by atoms with Crippen molar-refractivity contribution in [2.75, 3.05) is 47.5 Å². The molecule has 0 aromatic heterocycles. The number of phosphoric acid groups is 1. The number of hydrogen-bond acceptors (Lipinski definition) is 8. The first-order valence-electron chi connectivity index (χ1n) is 20.4. The smallest absolute Gasteiger partial charge is 0.462 e. The molecule has 2 N–H and O–H groups in total. The van der Waals surface area contributed by atoms with Gasteiger partial charge in [-0.15, -0.1) is 0 Å². The van der Waals surface area contributed by atoms with Crippen molar-refractivity contribution in [1.29, 1.82) is 0 Å². The van der Waals surface area contributed by atoms with E-state index in [1.54, 1.807) is 0 Å². The standard InChI is InChI=1S/C42H76NO9P/c1-6-8-9-10-11-12-17-22-25-28-31-34-42(46)52-40(38-51-53(47,48)50-36-35-43(3,4)5)37-49-41(45)33-30-27-24-21-19-16-14-13-15-18-20-23-26-29-32-39(44)7-2/h14-16,18,21,23-24,26,39-40,44H,6-13,17,19-20,22,25,27-38H2,1-5H3/p+1/b16-14-,18-15-,24-21-,26-23-/t39-,40+/m0/s1. The van der Waals surface area contributed by atoms with Gasteiger partial charge in [-0.25, -0.2) is 4.57 Å². The number of quaternary nitrogens is 1. The minimum absolute atomic E-state index is 0.0169. The number of aliphatic hydroxyl groups is 1. The van der Waals surface area contributed by atoms with Crippen molar-refractivity contribution >= 4 is 19.8 Å². The molecule has 53 heavy (non-hydrogen) atoms. The predicted molar refractivity (Wildman–Crippen MR) is 216 cm³/mol. The lowest BCUT2D eigenvalue weighted by molar-refractivity contribution is -0.870. The number of carbonyl (C=O) groups is 2. The van der Waals surface area contributed by atoms with Crippen LogP contribution in [0.4, 0.5) is 0 Å². The van der Waals surface area contributed by atoms with Gasteiger partial charge in [-0.1, -0.05) is 127 Å². The maximum absolute atomic E-state index is 12.6. The van der Waals surface area contributed by atoms with Crippen LogP contribution in [0, 0.1) is 0 Å². The van der Waals surface area contributed by atoms with Crippen LogP contribution in [0.3, 0.4) is 0 Å². The lowest BCUT2D eigenvalue weighted by Gasteiger charge is -2.24. The van der Waals surface area contributed by atoms with Gasteiger partial charge in [0.05, 0.1) is 33.9 Å². The van der Waals surface area contributed by atoms with Gasteiger partial charge in [0.15, 0.2) is 6.10 Å². The monoisotopic (exact) mass is 771 g/mol. The van der Waals surface area contributed by atoms with Gasteiger partial charge in [0.2, 0.25) is 0 Å². The molecule has 308 valence electrons. The van der Waals surface area contributed by atoms with Crippen molar-refractivity contribution in [3.63, 3.8) is 0 Å². The third-order valence-electron chi connectivity index (χ3n) is 8.53. The lowest BCUT2D eigenvalue weighted by Crippen LogP contribution is -2.37. The Bertz CT molecular complexity index is 1070. The average Bonchev–Trinajstić information content (AvgIpc) is 3.10. The third-order valence-corrected chi connectivity index (χ3v) is 9.51. The molecule has 0 aliphatic carbocycles. The quantitative estimate of drug-likeness (QED) is 0.0210. The number of allylic oxidation sites excluding steroid dienone is 8. The van der Waals surface area contributed by atoms with E-state index in [0.29, 0.717) is 23.9 Å². The Hall–Kier alpha value is -2.07. The second-order valence-electron chi connectivity index (χ2n) is 14.8. The Kier molecular flexibility index (Phi) is 33.1. The van der Waals surface area contributed by atoms with Gasteiger partial charge in [0.25, 0.3) is 0 Å². The van der Waals surface area contributed by atoms with Crippen LogP contribution in [0.5, 0.6) is 0 Å². The van der Waals surface area contributed by atoms with Gasteiger partial charge in [0.1, 0.15) is 19.8 Å². The van der Waals surface area contributed by atoms with E-state index >= 15 is 0 Å². The van der Waals surface area contributed by atoms with Crippen molar-refractivity contribution in [3.05, 3.63) is 48.6 Å². The minimum Gasteiger partial charge on any atom is -0.462 e. The summed E-state index contributed by atoms with van der Waals surface area (Å²) in [5.41, 5.74) is 0. The Morgan fingerprint density at radius 3 is 1.72 bits per heavy atom. The zero-order valence-electron chi connectivity index (χ0n) is 34.1. The summed E-state index contributed by atoms with van der Waals surface area (Å²) in [6.07, 6.45) is 35.4. The first-order chi connectivity index (χ1) is 25.4. The molecule has 0 radical (unpaired) electrons. The predicted octanol–water partition coefficient (Wildman–Crippen LogP) is 10.1. The molecular formula is C42H77NO9P+. The maximum atomic E-state index is 12.6. The summed E-state index contributed by atoms with van der Waals surface area (Å²) in [7, 11) is 1.42. The van der Waals surface area contributed by atoms with Crippen molar-refractivity contribution in [2.45, 2.75) is 161 Å². The molecule has 0 aromatic carbocycles. The fraction of sp³-hybridized carbons (Fsp3) is 0.762. The normalized spacial score (nSPS) is 14.8. The van der Waals surface area contributed by atoms with E-state index in [1.165, 1.54) is 44.9 Å². The summed E-state index contributed by atoms with van der Waals surface area (Å²) in [5, 5.41) is 9.55. The highest BCUT2D eigenvalue weighted by molar-refractivity contribution is 7.47. The van der Waals surface area contributed by atoms with Gasteiger partial charge in [-0.05, 0) is 57.8 Å². The van der Waals surface area contributed by atoms with Crippen LogP contribution in [-0.4, -0.2) is 86.1 Å². The second-order valence-corrected chi connectivity index (χ2v) is 16.3. The number of unbranched alkanes of at least 4 members (excludes halogenated alkanes) is 11. The summed E-state index contributed by atoms with van der Waals surface area (Å²) in [6.45, 7) is 4.04. The first kappa shape index (κ1) is 50.9. The molecule has 10 nitrogen and oxygen atoms in total. The molecule has 3 atom stereocenters. The molecule has 0 bridgehead atoms. The molecule has 11 heteroatoms. The molecule has 0 spiro atoms. The molecule has 0 saturated carbocycles. The molecule has 0 aromatic rings. The van der Waals surface area contributed by atoms with Gasteiger partial charge < -0.3 is 24.0 Å². The van der Waals surface area contributed by atoms with E-state index in [9.17, 15) is 24.2 Å². The fourth-order valence-corrected chi connectivity index (χ4v) is 5.84. The molecule has 0 amide bonds. The Balaban J connectivity index is 4.49. The van der Waals surface area contributed by atoms with Crippen LogP contribution < -0.4 is 0 Å². The largest absolute Gasteiger partial charge is 0.472 e. The van der Waals surface area contributed by atoms with Gasteiger partial charge in [0, 0.05) is 12.8 Å². The SMILES string of the molecule is CCCCCCCCCCCCCC(=O)O[C@H](COC(=O)CCC/C=C\C/C=C\C/C=C\C/C=C\CC[C@@H](O)CC)COP(=O)(O)OCC[N+](C)(C)C. The molecule has 0 heterocycles. The summed E-state index contributed by atoms with van der Waals surface area (Å²) in [5.74, 6) is -0.886. The number of esters is 2. The topological polar surface area (TPSA) is 129 Å². The van der Waals surface area contributed by atoms with Crippen molar-refractivity contribution in [3.8, 4) is 0 Å². The number of aliphatic hydroxyl groups excluding tert-OH is 1. The van der Waals surface area contributed by atoms with Crippen LogP contribution in [0.25, 0.3) is 0 Å². The van der Waals surface area contributed by atoms with Crippen LogP contribution in [0.1, 0.15) is 149 Å². The first-order valence-corrected chi connectivity index (χ1v) is 21.9.